The van der Waals surface area contributed by atoms with E-state index in [1.165, 1.54) is 16.7 Å². The lowest BCUT2D eigenvalue weighted by molar-refractivity contribution is -0.145. The molecule has 0 radical (unpaired) electrons. The first-order valence-electron chi connectivity index (χ1n) is 9.74. The summed E-state index contributed by atoms with van der Waals surface area (Å²) in [7, 11) is 0. The van der Waals surface area contributed by atoms with Crippen molar-refractivity contribution in [2.75, 3.05) is 6.61 Å². The molecule has 2 aliphatic rings. The lowest BCUT2D eigenvalue weighted by Crippen LogP contribution is -2.57. The first-order valence-corrected chi connectivity index (χ1v) is 10.6. The number of carbonyl (C=O) groups is 2. The monoisotopic (exact) mass is 411 g/mol. The van der Waals surface area contributed by atoms with Crippen LogP contribution in [0.15, 0.2) is 48.5 Å². The number of amides is 1. The van der Waals surface area contributed by atoms with Crippen LogP contribution >= 0.6 is 11.8 Å². The van der Waals surface area contributed by atoms with Crippen molar-refractivity contribution in [3.05, 3.63) is 59.7 Å². The zero-order valence-electron chi connectivity index (χ0n) is 17.0. The number of nitrogens with zero attached hydrogens (tertiary/aromatic N) is 1. The molecule has 0 spiro atoms. The number of aliphatic carboxylic acids is 1. The summed E-state index contributed by atoms with van der Waals surface area (Å²) >= 11 is 1.28. The molecule has 5 nitrogen and oxygen atoms in total. The Hall–Kier alpha value is -2.47. The predicted octanol–water partition coefficient (Wildman–Crippen LogP) is 4.95. The number of carboxylic acid groups (broad SMARTS) is 1. The molecule has 2 aromatic rings. The van der Waals surface area contributed by atoms with Crippen LogP contribution in [0, 0.1) is 0 Å². The van der Waals surface area contributed by atoms with E-state index in [0.29, 0.717) is 0 Å². The van der Waals surface area contributed by atoms with Gasteiger partial charge in [-0.15, -0.1) is 11.8 Å². The van der Waals surface area contributed by atoms with Gasteiger partial charge in [0.1, 0.15) is 6.61 Å². The quantitative estimate of drug-likeness (QED) is 0.774. The van der Waals surface area contributed by atoms with E-state index in [1.54, 1.807) is 6.92 Å². The molecule has 1 N–H and O–H groups in total. The summed E-state index contributed by atoms with van der Waals surface area (Å²) in [6.07, 6.45) is -0.585. The van der Waals surface area contributed by atoms with E-state index < -0.39 is 22.5 Å². The van der Waals surface area contributed by atoms with E-state index in [9.17, 15) is 14.7 Å². The molecule has 1 saturated heterocycles. The standard InChI is InChI=1S/C23H25NO4S/c1-14-22(2,3)24(23(4,29-14)20(25)26)21(27)28-13-19-17-11-7-5-9-15(17)16-10-6-8-12-18(16)19/h5-12,14,19H,13H2,1-4H3,(H,25,26). The molecule has 4 rings (SSSR count). The molecule has 1 aliphatic carbocycles. The summed E-state index contributed by atoms with van der Waals surface area (Å²) in [5, 5.41) is 9.77. The number of carbonyl (C=O) groups excluding carboxylic acids is 1. The zero-order chi connectivity index (χ0) is 21.0. The molecule has 2 aromatic carbocycles. The molecule has 0 bridgehead atoms. The maximum absolute atomic E-state index is 13.1. The van der Waals surface area contributed by atoms with Gasteiger partial charge in [0.05, 0.1) is 5.54 Å². The van der Waals surface area contributed by atoms with Crippen molar-refractivity contribution in [3.63, 3.8) is 0 Å². The highest BCUT2D eigenvalue weighted by molar-refractivity contribution is 8.02. The van der Waals surface area contributed by atoms with Crippen LogP contribution in [-0.2, 0) is 9.53 Å². The molecule has 2 unspecified atom stereocenters. The Morgan fingerprint density at radius 3 is 2.07 bits per heavy atom. The molecule has 152 valence electrons. The maximum Gasteiger partial charge on any atom is 0.411 e. The Kier molecular flexibility index (Phi) is 4.65. The number of hydrogen-bond acceptors (Lipinski definition) is 4. The van der Waals surface area contributed by atoms with Crippen LogP contribution < -0.4 is 0 Å². The van der Waals surface area contributed by atoms with Gasteiger partial charge in [0.25, 0.3) is 0 Å². The number of fused-ring (bicyclic) bond motifs is 3. The molecule has 6 heteroatoms. The fourth-order valence-corrected chi connectivity index (χ4v) is 6.09. The molecule has 0 aromatic heterocycles. The van der Waals surface area contributed by atoms with Gasteiger partial charge in [0.15, 0.2) is 4.87 Å². The minimum absolute atomic E-state index is 0.0379. The third-order valence-electron chi connectivity index (χ3n) is 6.32. The van der Waals surface area contributed by atoms with Gasteiger partial charge in [-0.05, 0) is 43.0 Å². The minimum Gasteiger partial charge on any atom is -0.479 e. The third kappa shape index (κ3) is 2.92. The molecule has 1 heterocycles. The maximum atomic E-state index is 13.1. The van der Waals surface area contributed by atoms with Gasteiger partial charge >= 0.3 is 12.1 Å². The number of ether oxygens (including phenoxy) is 1. The highest BCUT2D eigenvalue weighted by Crippen LogP contribution is 2.50. The third-order valence-corrected chi connectivity index (χ3v) is 8.07. The van der Waals surface area contributed by atoms with Crippen LogP contribution in [0.1, 0.15) is 44.7 Å². The fraction of sp³-hybridized carbons (Fsp3) is 0.391. The minimum atomic E-state index is -1.36. The highest BCUT2D eigenvalue weighted by atomic mass is 32.2. The average molecular weight is 412 g/mol. The number of hydrogen-bond donors (Lipinski definition) is 1. The van der Waals surface area contributed by atoms with Crippen molar-refractivity contribution in [1.29, 1.82) is 0 Å². The number of benzene rings is 2. The Labute approximate surface area is 175 Å². The van der Waals surface area contributed by atoms with Crippen molar-refractivity contribution in [1.82, 2.24) is 4.90 Å². The predicted molar refractivity (Wildman–Crippen MR) is 114 cm³/mol. The van der Waals surface area contributed by atoms with Crippen molar-refractivity contribution in [2.24, 2.45) is 0 Å². The van der Waals surface area contributed by atoms with Crippen LogP contribution in [0.25, 0.3) is 11.1 Å². The van der Waals surface area contributed by atoms with Crippen molar-refractivity contribution in [2.45, 2.75) is 49.3 Å². The second-order valence-electron chi connectivity index (χ2n) is 8.34. The normalized spacial score (nSPS) is 24.8. The first-order chi connectivity index (χ1) is 13.7. The largest absolute Gasteiger partial charge is 0.479 e. The van der Waals surface area contributed by atoms with Crippen LogP contribution in [-0.4, -0.2) is 44.3 Å². The van der Waals surface area contributed by atoms with Crippen LogP contribution in [0.3, 0.4) is 0 Å². The second kappa shape index (κ2) is 6.80. The molecule has 1 amide bonds. The van der Waals surface area contributed by atoms with Crippen LogP contribution in [0.2, 0.25) is 0 Å². The summed E-state index contributed by atoms with van der Waals surface area (Å²) in [5.41, 5.74) is 3.94. The molecule has 0 saturated carbocycles. The number of thioether (sulfide) groups is 1. The molecule has 1 aliphatic heterocycles. The Balaban J connectivity index is 1.61. The summed E-state index contributed by atoms with van der Waals surface area (Å²) < 4.78 is 5.76. The average Bonchev–Trinajstić information content (AvgIpc) is 3.09. The molecular formula is C23H25NO4S. The number of carboxylic acids is 1. The summed E-state index contributed by atoms with van der Waals surface area (Å²) in [6.45, 7) is 7.48. The van der Waals surface area contributed by atoms with Crippen molar-refractivity contribution in [3.8, 4) is 11.1 Å². The van der Waals surface area contributed by atoms with E-state index in [-0.39, 0.29) is 17.8 Å². The zero-order valence-corrected chi connectivity index (χ0v) is 17.8. The van der Waals surface area contributed by atoms with Gasteiger partial charge < -0.3 is 9.84 Å². The van der Waals surface area contributed by atoms with E-state index in [0.717, 1.165) is 22.3 Å². The van der Waals surface area contributed by atoms with E-state index >= 15 is 0 Å². The van der Waals surface area contributed by atoms with Gasteiger partial charge in [-0.3, -0.25) is 4.90 Å². The van der Waals surface area contributed by atoms with Gasteiger partial charge in [0, 0.05) is 11.2 Å². The molecule has 2 atom stereocenters. The second-order valence-corrected chi connectivity index (χ2v) is 10.1. The lowest BCUT2D eigenvalue weighted by atomic mass is 9.97. The lowest BCUT2D eigenvalue weighted by Gasteiger charge is -2.38. The highest BCUT2D eigenvalue weighted by Gasteiger charge is 2.60. The fourth-order valence-electron chi connectivity index (χ4n) is 4.49. The summed E-state index contributed by atoms with van der Waals surface area (Å²) in [6, 6.07) is 16.3. The summed E-state index contributed by atoms with van der Waals surface area (Å²) in [4.78, 5) is 25.2. The first kappa shape index (κ1) is 19.8. The smallest absolute Gasteiger partial charge is 0.411 e. The van der Waals surface area contributed by atoms with Crippen molar-refractivity contribution < 1.29 is 19.4 Å². The topological polar surface area (TPSA) is 66.8 Å². The van der Waals surface area contributed by atoms with Gasteiger partial charge in [0.2, 0.25) is 0 Å². The van der Waals surface area contributed by atoms with Gasteiger partial charge in [-0.25, -0.2) is 9.59 Å². The Bertz CT molecular complexity index is 943. The van der Waals surface area contributed by atoms with Gasteiger partial charge in [-0.1, -0.05) is 55.5 Å². The summed E-state index contributed by atoms with van der Waals surface area (Å²) in [5.74, 6) is -1.09. The van der Waals surface area contributed by atoms with Crippen molar-refractivity contribution >= 4 is 23.8 Å². The molecule has 29 heavy (non-hydrogen) atoms. The Morgan fingerprint density at radius 1 is 1.03 bits per heavy atom. The van der Waals surface area contributed by atoms with E-state index in [1.807, 2.05) is 45.0 Å². The number of rotatable bonds is 3. The molecule has 1 fully saturated rings. The van der Waals surface area contributed by atoms with Crippen LogP contribution in [0.5, 0.6) is 0 Å². The van der Waals surface area contributed by atoms with E-state index in [2.05, 4.69) is 24.3 Å². The Morgan fingerprint density at radius 2 is 1.55 bits per heavy atom. The van der Waals surface area contributed by atoms with Crippen LogP contribution in [0.4, 0.5) is 4.79 Å². The SMILES string of the molecule is CC1SC(C)(C(=O)O)N(C(=O)OCC2c3ccccc3-c3ccccc32)C1(C)C. The molecular weight excluding hydrogens is 386 g/mol. The van der Waals surface area contributed by atoms with E-state index in [4.69, 9.17) is 4.74 Å². The van der Waals surface area contributed by atoms with Gasteiger partial charge in [-0.2, -0.15) is 0 Å².